The molecule has 1 unspecified atom stereocenters. The number of aliphatic hydroxyl groups is 1. The molecule has 0 aromatic heterocycles. The standard InChI is InChI=1S/C19H33N3O2/c1-6-20-19(21-9-10-23)22-13-17-8-7-15(4)12-18(17)24-16(5)11-14(2)3/h7-8,12,14,16,23H,6,9-11,13H2,1-5H3,(H2,20,21,22). The predicted octanol–water partition coefficient (Wildman–Crippen LogP) is 2.86. The maximum Gasteiger partial charge on any atom is 0.191 e. The molecule has 0 aliphatic rings. The minimum absolute atomic E-state index is 0.0794. The van der Waals surface area contributed by atoms with E-state index < -0.39 is 0 Å². The first-order chi connectivity index (χ1) is 11.5. The van der Waals surface area contributed by atoms with Crippen molar-refractivity contribution in [3.63, 3.8) is 0 Å². The number of nitrogens with zero attached hydrogens (tertiary/aromatic N) is 1. The summed E-state index contributed by atoms with van der Waals surface area (Å²) in [5.41, 5.74) is 2.25. The lowest BCUT2D eigenvalue weighted by Crippen LogP contribution is -2.38. The van der Waals surface area contributed by atoms with Crippen molar-refractivity contribution in [1.29, 1.82) is 0 Å². The normalized spacial score (nSPS) is 13.0. The number of aryl methyl sites for hydroxylation is 1. The zero-order valence-electron chi connectivity index (χ0n) is 15.7. The monoisotopic (exact) mass is 335 g/mol. The third-order valence-corrected chi connectivity index (χ3v) is 3.51. The van der Waals surface area contributed by atoms with Crippen molar-refractivity contribution < 1.29 is 9.84 Å². The van der Waals surface area contributed by atoms with Gasteiger partial charge in [0.05, 0.1) is 19.3 Å². The quantitative estimate of drug-likeness (QED) is 0.479. The van der Waals surface area contributed by atoms with Gasteiger partial charge in [-0.15, -0.1) is 0 Å². The maximum atomic E-state index is 8.95. The van der Waals surface area contributed by atoms with Crippen molar-refractivity contribution in [2.45, 2.75) is 53.7 Å². The minimum Gasteiger partial charge on any atom is -0.490 e. The highest BCUT2D eigenvalue weighted by molar-refractivity contribution is 5.79. The molecule has 0 aliphatic heterocycles. The molecule has 0 bridgehead atoms. The highest BCUT2D eigenvalue weighted by Gasteiger charge is 2.11. The van der Waals surface area contributed by atoms with E-state index in [1.54, 1.807) is 0 Å². The smallest absolute Gasteiger partial charge is 0.191 e. The van der Waals surface area contributed by atoms with Gasteiger partial charge in [-0.2, -0.15) is 0 Å². The average molecular weight is 335 g/mol. The van der Waals surface area contributed by atoms with Gasteiger partial charge in [-0.1, -0.05) is 26.0 Å². The summed E-state index contributed by atoms with van der Waals surface area (Å²) in [6.07, 6.45) is 1.20. The van der Waals surface area contributed by atoms with Crippen LogP contribution in [0.1, 0.15) is 45.2 Å². The highest BCUT2D eigenvalue weighted by Crippen LogP contribution is 2.24. The van der Waals surface area contributed by atoms with Gasteiger partial charge in [0.1, 0.15) is 5.75 Å². The number of aliphatic imine (C=N–C) groups is 1. The topological polar surface area (TPSA) is 65.9 Å². The van der Waals surface area contributed by atoms with Gasteiger partial charge in [-0.3, -0.25) is 0 Å². The summed E-state index contributed by atoms with van der Waals surface area (Å²) in [5, 5.41) is 15.2. The third-order valence-electron chi connectivity index (χ3n) is 3.51. The lowest BCUT2D eigenvalue weighted by Gasteiger charge is -2.19. The molecule has 0 spiro atoms. The van der Waals surface area contributed by atoms with Crippen molar-refractivity contribution >= 4 is 5.96 Å². The molecule has 1 rings (SSSR count). The van der Waals surface area contributed by atoms with Crippen LogP contribution in [0.4, 0.5) is 0 Å². The summed E-state index contributed by atoms with van der Waals surface area (Å²) in [7, 11) is 0. The molecule has 0 amide bonds. The molecule has 1 aromatic carbocycles. The Hall–Kier alpha value is -1.75. The van der Waals surface area contributed by atoms with Gasteiger partial charge in [-0.05, 0) is 44.7 Å². The summed E-state index contributed by atoms with van der Waals surface area (Å²) in [6.45, 7) is 12.5. The lowest BCUT2D eigenvalue weighted by atomic mass is 10.1. The zero-order valence-corrected chi connectivity index (χ0v) is 15.7. The van der Waals surface area contributed by atoms with Crippen molar-refractivity contribution in [2.75, 3.05) is 19.7 Å². The van der Waals surface area contributed by atoms with E-state index in [0.717, 1.165) is 24.3 Å². The fraction of sp³-hybridized carbons (Fsp3) is 0.632. The second kappa shape index (κ2) is 10.9. The van der Waals surface area contributed by atoms with Crippen molar-refractivity contribution in [1.82, 2.24) is 10.6 Å². The number of hydrogen-bond donors (Lipinski definition) is 3. The van der Waals surface area contributed by atoms with Crippen molar-refractivity contribution in [3.05, 3.63) is 29.3 Å². The van der Waals surface area contributed by atoms with E-state index in [1.165, 1.54) is 5.56 Å². The molecule has 1 atom stereocenters. The minimum atomic E-state index is 0.0794. The second-order valence-electron chi connectivity index (χ2n) is 6.51. The SMILES string of the molecule is CCNC(=NCc1ccc(C)cc1OC(C)CC(C)C)NCCO. The van der Waals surface area contributed by atoms with Gasteiger partial charge in [0.15, 0.2) is 5.96 Å². The number of benzene rings is 1. The largest absolute Gasteiger partial charge is 0.490 e. The molecule has 5 nitrogen and oxygen atoms in total. The Bertz CT molecular complexity index is 515. The van der Waals surface area contributed by atoms with E-state index in [0.29, 0.717) is 25.0 Å². The number of ether oxygens (including phenoxy) is 1. The summed E-state index contributed by atoms with van der Waals surface area (Å²) in [5.74, 6) is 2.22. The Balaban J connectivity index is 2.85. The maximum absolute atomic E-state index is 8.95. The molecule has 5 heteroatoms. The number of nitrogens with one attached hydrogen (secondary N) is 2. The third kappa shape index (κ3) is 7.68. The van der Waals surface area contributed by atoms with Crippen LogP contribution in [-0.4, -0.2) is 36.9 Å². The molecule has 136 valence electrons. The van der Waals surface area contributed by atoms with Gasteiger partial charge in [-0.25, -0.2) is 4.99 Å². The number of rotatable bonds is 9. The highest BCUT2D eigenvalue weighted by atomic mass is 16.5. The van der Waals surface area contributed by atoms with Crippen LogP contribution in [0.2, 0.25) is 0 Å². The van der Waals surface area contributed by atoms with E-state index in [-0.39, 0.29) is 12.7 Å². The molecule has 0 radical (unpaired) electrons. The molecular weight excluding hydrogens is 302 g/mol. The number of aliphatic hydroxyl groups excluding tert-OH is 1. The Labute approximate surface area is 146 Å². The van der Waals surface area contributed by atoms with Gasteiger partial charge in [0.2, 0.25) is 0 Å². The summed E-state index contributed by atoms with van der Waals surface area (Å²) in [4.78, 5) is 4.58. The zero-order chi connectivity index (χ0) is 17.9. The van der Waals surface area contributed by atoms with Gasteiger partial charge < -0.3 is 20.5 Å². The van der Waals surface area contributed by atoms with E-state index in [2.05, 4.69) is 61.5 Å². The summed E-state index contributed by atoms with van der Waals surface area (Å²) in [6, 6.07) is 6.24. The Kier molecular flexibility index (Phi) is 9.23. The number of guanidine groups is 1. The average Bonchev–Trinajstić information content (AvgIpc) is 2.50. The molecule has 24 heavy (non-hydrogen) atoms. The second-order valence-corrected chi connectivity index (χ2v) is 6.51. The Morgan fingerprint density at radius 1 is 1.25 bits per heavy atom. The summed E-state index contributed by atoms with van der Waals surface area (Å²) < 4.78 is 6.16. The Morgan fingerprint density at radius 3 is 2.62 bits per heavy atom. The van der Waals surface area contributed by atoms with Crippen molar-refractivity contribution in [2.24, 2.45) is 10.9 Å². The first kappa shape index (κ1) is 20.3. The van der Waals surface area contributed by atoms with Crippen LogP contribution in [0.3, 0.4) is 0 Å². The molecule has 1 aromatic rings. The lowest BCUT2D eigenvalue weighted by molar-refractivity contribution is 0.191. The fourth-order valence-corrected chi connectivity index (χ4v) is 2.51. The van der Waals surface area contributed by atoms with Crippen LogP contribution in [0.25, 0.3) is 0 Å². The van der Waals surface area contributed by atoms with Crippen LogP contribution in [0.5, 0.6) is 5.75 Å². The van der Waals surface area contributed by atoms with Crippen LogP contribution in [0, 0.1) is 12.8 Å². The van der Waals surface area contributed by atoms with E-state index in [4.69, 9.17) is 9.84 Å². The van der Waals surface area contributed by atoms with Gasteiger partial charge in [0.25, 0.3) is 0 Å². The molecule has 0 heterocycles. The van der Waals surface area contributed by atoms with Gasteiger partial charge in [0, 0.05) is 18.7 Å². The van der Waals surface area contributed by atoms with Crippen LogP contribution >= 0.6 is 0 Å². The van der Waals surface area contributed by atoms with Crippen molar-refractivity contribution in [3.8, 4) is 5.75 Å². The van der Waals surface area contributed by atoms with E-state index in [9.17, 15) is 0 Å². The predicted molar refractivity (Wildman–Crippen MR) is 101 cm³/mol. The Morgan fingerprint density at radius 2 is 2.00 bits per heavy atom. The van der Waals surface area contributed by atoms with E-state index >= 15 is 0 Å². The molecule has 0 fully saturated rings. The van der Waals surface area contributed by atoms with Crippen LogP contribution in [-0.2, 0) is 6.54 Å². The number of hydrogen-bond acceptors (Lipinski definition) is 3. The van der Waals surface area contributed by atoms with Crippen LogP contribution in [0.15, 0.2) is 23.2 Å². The van der Waals surface area contributed by atoms with Gasteiger partial charge >= 0.3 is 0 Å². The molecule has 0 saturated carbocycles. The first-order valence-electron chi connectivity index (χ1n) is 8.85. The molecule has 3 N–H and O–H groups in total. The molecule has 0 saturated heterocycles. The molecular formula is C19H33N3O2. The van der Waals surface area contributed by atoms with E-state index in [1.807, 2.05) is 6.92 Å². The summed E-state index contributed by atoms with van der Waals surface area (Å²) >= 11 is 0. The molecule has 0 aliphatic carbocycles. The fourth-order valence-electron chi connectivity index (χ4n) is 2.51. The van der Waals surface area contributed by atoms with Crippen LogP contribution < -0.4 is 15.4 Å². The first-order valence-corrected chi connectivity index (χ1v) is 8.85.